The van der Waals surface area contributed by atoms with Gasteiger partial charge in [0.2, 0.25) is 0 Å². The minimum Gasteiger partial charge on any atom is -0.359 e. The molecule has 1 aromatic heterocycles. The number of amides is 3. The van der Waals surface area contributed by atoms with Crippen LogP contribution in [-0.2, 0) is 4.79 Å². The maximum atomic E-state index is 13.3. The third-order valence-corrected chi connectivity index (χ3v) is 7.25. The van der Waals surface area contributed by atoms with E-state index in [1.54, 1.807) is 18.2 Å². The molecule has 0 spiro atoms. The van der Waals surface area contributed by atoms with E-state index in [9.17, 15) is 37.6 Å². The number of piperidine rings is 1. The number of H-pyrrole nitrogens is 1. The van der Waals surface area contributed by atoms with E-state index in [1.165, 1.54) is 11.1 Å². The lowest BCUT2D eigenvalue weighted by molar-refractivity contribution is -0.126. The highest BCUT2D eigenvalue weighted by Gasteiger charge is 2.39. The minimum absolute atomic E-state index is 0.127. The molecule has 3 aromatic carbocycles. The number of allylic oxidation sites excluding steroid dienone is 1. The number of urea groups is 1. The summed E-state index contributed by atoms with van der Waals surface area (Å²) in [5.74, 6) is -3.39. The quantitative estimate of drug-likeness (QED) is 0.135. The molecule has 0 bridgehead atoms. The van der Waals surface area contributed by atoms with Gasteiger partial charge in [-0.25, -0.2) is 4.79 Å². The normalized spacial score (nSPS) is 13.2. The number of nitriles is 1. The highest BCUT2D eigenvalue weighted by atomic mass is 19.4. The zero-order valence-corrected chi connectivity index (χ0v) is 23.0. The second-order valence-corrected chi connectivity index (χ2v) is 9.99. The number of alkyl halides is 3. The van der Waals surface area contributed by atoms with Crippen molar-refractivity contribution in [2.45, 2.75) is 19.0 Å². The topological polar surface area (TPSA) is 135 Å². The summed E-state index contributed by atoms with van der Waals surface area (Å²) in [6.07, 6.45) is -2.68. The number of benzene rings is 3. The van der Waals surface area contributed by atoms with Crippen LogP contribution in [0.1, 0.15) is 39.1 Å². The summed E-state index contributed by atoms with van der Waals surface area (Å²) < 4.78 is 37.9. The highest BCUT2D eigenvalue weighted by Crippen LogP contribution is 2.29. The van der Waals surface area contributed by atoms with E-state index >= 15 is 0 Å². The van der Waals surface area contributed by atoms with Gasteiger partial charge in [0.05, 0.1) is 28.4 Å². The van der Waals surface area contributed by atoms with Crippen LogP contribution in [0.3, 0.4) is 0 Å². The second-order valence-electron chi connectivity index (χ2n) is 9.99. The molecule has 0 atom stereocenters. The van der Waals surface area contributed by atoms with Crippen LogP contribution in [-0.4, -0.2) is 52.7 Å². The Bertz CT molecular complexity index is 1830. The molecule has 0 unspecified atom stereocenters. The first-order valence-electron chi connectivity index (χ1n) is 13.5. The molecule has 9 nitrogen and oxygen atoms in total. The minimum atomic E-state index is -5.01. The molecular weight excluding hydrogens is 575 g/mol. The number of ketones is 2. The van der Waals surface area contributed by atoms with Gasteiger partial charge in [-0.1, -0.05) is 42.5 Å². The Morgan fingerprint density at radius 2 is 1.52 bits per heavy atom. The predicted molar refractivity (Wildman–Crippen MR) is 157 cm³/mol. The fraction of sp³-hybridized carbons (Fsp3) is 0.156. The summed E-state index contributed by atoms with van der Waals surface area (Å²) in [5, 5.41) is 15.2. The third-order valence-electron chi connectivity index (χ3n) is 7.25. The fourth-order valence-corrected chi connectivity index (χ4v) is 5.04. The molecule has 3 N–H and O–H groups in total. The van der Waals surface area contributed by atoms with Crippen LogP contribution >= 0.6 is 0 Å². The standard InChI is InChI=1S/C32H24F3N5O4/c33-32(34,35)29(42)21-9-11-22(12-10-21)38-31(44)39-26-8-4-7-23-25(18-37-27(23)26)28(41)30(43)40-15-13-20(14-16-40)24(17-36)19-5-2-1-3-6-19/h1-12,18,37H,13-16H2,(H2,38,39,44). The number of carbonyl (C=O) groups is 4. The van der Waals surface area contributed by atoms with Crippen LogP contribution in [0.4, 0.5) is 29.3 Å². The van der Waals surface area contributed by atoms with Gasteiger partial charge in [-0.2, -0.15) is 18.4 Å². The van der Waals surface area contributed by atoms with Crippen molar-refractivity contribution in [1.29, 1.82) is 5.26 Å². The molecule has 1 fully saturated rings. The molecule has 4 aromatic rings. The van der Waals surface area contributed by atoms with Gasteiger partial charge in [0.1, 0.15) is 0 Å². The molecule has 0 saturated carbocycles. The number of hydrogen-bond donors (Lipinski definition) is 3. The summed E-state index contributed by atoms with van der Waals surface area (Å²) in [6, 6.07) is 19.9. The summed E-state index contributed by atoms with van der Waals surface area (Å²) in [6.45, 7) is 0.581. The number of fused-ring (bicyclic) bond motifs is 1. The van der Waals surface area contributed by atoms with Crippen molar-refractivity contribution in [3.05, 3.63) is 101 Å². The first-order chi connectivity index (χ1) is 21.1. The van der Waals surface area contributed by atoms with Gasteiger partial charge < -0.3 is 20.5 Å². The number of anilines is 2. The molecule has 1 aliphatic rings. The van der Waals surface area contributed by atoms with Crippen LogP contribution < -0.4 is 10.6 Å². The molecule has 3 amide bonds. The summed E-state index contributed by atoms with van der Waals surface area (Å²) in [4.78, 5) is 54.8. The van der Waals surface area contributed by atoms with Gasteiger partial charge in [-0.05, 0) is 54.3 Å². The Morgan fingerprint density at radius 1 is 0.841 bits per heavy atom. The predicted octanol–water partition coefficient (Wildman–Crippen LogP) is 6.34. The smallest absolute Gasteiger partial charge is 0.359 e. The lowest BCUT2D eigenvalue weighted by atomic mass is 9.93. The molecule has 222 valence electrons. The Labute approximate surface area is 249 Å². The number of likely N-dealkylation sites (tertiary alicyclic amines) is 1. The molecular formula is C32H24F3N5O4. The molecule has 0 radical (unpaired) electrons. The summed E-state index contributed by atoms with van der Waals surface area (Å²) in [5.41, 5.74) is 2.71. The number of Topliss-reactive ketones (excluding diaryl/α,β-unsaturated/α-hetero) is 2. The van der Waals surface area contributed by atoms with Crippen molar-refractivity contribution in [2.24, 2.45) is 0 Å². The van der Waals surface area contributed by atoms with Crippen molar-refractivity contribution >= 4 is 51.4 Å². The van der Waals surface area contributed by atoms with Crippen molar-refractivity contribution in [3.8, 4) is 6.07 Å². The number of nitrogens with one attached hydrogen (secondary N) is 3. The van der Waals surface area contributed by atoms with E-state index in [2.05, 4.69) is 21.7 Å². The van der Waals surface area contributed by atoms with E-state index in [4.69, 9.17) is 0 Å². The number of aromatic amines is 1. The van der Waals surface area contributed by atoms with E-state index in [0.29, 0.717) is 42.4 Å². The average Bonchev–Trinajstić information content (AvgIpc) is 3.46. The Balaban J connectivity index is 1.25. The van der Waals surface area contributed by atoms with Gasteiger partial charge >= 0.3 is 12.2 Å². The first kappa shape index (κ1) is 29.8. The number of aromatic nitrogens is 1. The van der Waals surface area contributed by atoms with E-state index in [1.807, 2.05) is 30.3 Å². The van der Waals surface area contributed by atoms with Crippen molar-refractivity contribution in [1.82, 2.24) is 9.88 Å². The largest absolute Gasteiger partial charge is 0.454 e. The van der Waals surface area contributed by atoms with Crippen molar-refractivity contribution in [2.75, 3.05) is 23.7 Å². The van der Waals surface area contributed by atoms with Crippen LogP contribution in [0.25, 0.3) is 16.5 Å². The molecule has 5 rings (SSSR count). The SMILES string of the molecule is N#CC(=C1CCN(C(=O)C(=O)c2c[nH]c3c(NC(=O)Nc4ccc(C(=O)C(F)(F)F)cc4)cccc23)CC1)c1ccccc1. The highest BCUT2D eigenvalue weighted by molar-refractivity contribution is 6.45. The number of hydrogen-bond acceptors (Lipinski definition) is 5. The number of rotatable bonds is 6. The van der Waals surface area contributed by atoms with E-state index in [-0.39, 0.29) is 16.9 Å². The van der Waals surface area contributed by atoms with E-state index in [0.717, 1.165) is 35.4 Å². The Morgan fingerprint density at radius 3 is 2.16 bits per heavy atom. The molecule has 2 heterocycles. The lowest BCUT2D eigenvalue weighted by Gasteiger charge is -2.28. The van der Waals surface area contributed by atoms with Gasteiger partial charge in [-0.3, -0.25) is 14.4 Å². The first-order valence-corrected chi connectivity index (χ1v) is 13.5. The maximum Gasteiger partial charge on any atom is 0.454 e. The third kappa shape index (κ3) is 6.22. The lowest BCUT2D eigenvalue weighted by Crippen LogP contribution is -2.40. The zero-order chi connectivity index (χ0) is 31.4. The molecule has 0 aliphatic carbocycles. The van der Waals surface area contributed by atoms with E-state index < -0.39 is 35.2 Å². The zero-order valence-electron chi connectivity index (χ0n) is 23.0. The maximum absolute atomic E-state index is 13.3. The summed E-state index contributed by atoms with van der Waals surface area (Å²) in [7, 11) is 0. The van der Waals surface area contributed by atoms with Crippen LogP contribution in [0, 0.1) is 11.3 Å². The van der Waals surface area contributed by atoms with Gasteiger partial charge in [0.15, 0.2) is 0 Å². The van der Waals surface area contributed by atoms with Gasteiger partial charge in [0.25, 0.3) is 17.5 Å². The molecule has 44 heavy (non-hydrogen) atoms. The number of halogens is 3. The van der Waals surface area contributed by atoms with Gasteiger partial charge in [0, 0.05) is 35.9 Å². The van der Waals surface area contributed by atoms with Crippen LogP contribution in [0.15, 0.2) is 84.6 Å². The molecule has 1 saturated heterocycles. The van der Waals surface area contributed by atoms with Crippen molar-refractivity contribution in [3.63, 3.8) is 0 Å². The molecule has 12 heteroatoms. The number of para-hydroxylation sites is 1. The van der Waals surface area contributed by atoms with Gasteiger partial charge in [-0.15, -0.1) is 0 Å². The Hall–Kier alpha value is -5.70. The molecule has 1 aliphatic heterocycles. The summed E-state index contributed by atoms with van der Waals surface area (Å²) >= 11 is 0. The monoisotopic (exact) mass is 599 g/mol. The second kappa shape index (κ2) is 12.3. The number of carbonyl (C=O) groups excluding carboxylic acids is 4. The number of nitrogens with zero attached hydrogens (tertiary/aromatic N) is 2. The van der Waals surface area contributed by atoms with Crippen LogP contribution in [0.2, 0.25) is 0 Å². The van der Waals surface area contributed by atoms with Crippen molar-refractivity contribution < 1.29 is 32.3 Å². The van der Waals surface area contributed by atoms with Crippen LogP contribution in [0.5, 0.6) is 0 Å². The Kier molecular flexibility index (Phi) is 8.30. The average molecular weight is 600 g/mol. The fourth-order valence-electron chi connectivity index (χ4n) is 5.04.